The predicted octanol–water partition coefficient (Wildman–Crippen LogP) is 2.06. The molecule has 0 heterocycles. The molecule has 5 rings (SSSR count). The van der Waals surface area contributed by atoms with Crippen molar-refractivity contribution >= 4 is 5.91 Å². The molecule has 3 heteroatoms. The van der Waals surface area contributed by atoms with Gasteiger partial charge in [-0.2, -0.15) is 0 Å². The summed E-state index contributed by atoms with van der Waals surface area (Å²) in [5.41, 5.74) is 1.09. The monoisotopic (exact) mass is 270 g/mol. The predicted molar refractivity (Wildman–Crippen MR) is 78.0 cm³/mol. The van der Waals surface area contributed by atoms with Crippen molar-refractivity contribution in [1.82, 2.24) is 10.2 Å². The van der Waals surface area contributed by atoms with Crippen molar-refractivity contribution in [2.24, 2.45) is 23.7 Å². The second-order valence-electron chi connectivity index (χ2n) is 6.91. The first-order valence-electron chi connectivity index (χ1n) is 7.69. The minimum atomic E-state index is -0.184. The SMILES string of the molecule is CN(C)C(=O)C(NC1C2CC3C(C2)C31)c1ccccc1. The van der Waals surface area contributed by atoms with Gasteiger partial charge in [-0.25, -0.2) is 0 Å². The van der Waals surface area contributed by atoms with Gasteiger partial charge < -0.3 is 4.90 Å². The molecule has 0 saturated heterocycles. The Morgan fingerprint density at radius 1 is 1.20 bits per heavy atom. The van der Waals surface area contributed by atoms with Crippen molar-refractivity contribution in [3.8, 4) is 0 Å². The zero-order chi connectivity index (χ0) is 13.9. The first-order chi connectivity index (χ1) is 9.66. The van der Waals surface area contributed by atoms with Crippen LogP contribution in [0.15, 0.2) is 30.3 Å². The molecule has 4 aliphatic rings. The van der Waals surface area contributed by atoms with Gasteiger partial charge in [0, 0.05) is 20.1 Å². The third-order valence-corrected chi connectivity index (χ3v) is 5.65. The lowest BCUT2D eigenvalue weighted by Crippen LogP contribution is -2.43. The summed E-state index contributed by atoms with van der Waals surface area (Å²) in [6.07, 6.45) is 2.79. The quantitative estimate of drug-likeness (QED) is 0.908. The summed E-state index contributed by atoms with van der Waals surface area (Å²) in [4.78, 5) is 14.2. The summed E-state index contributed by atoms with van der Waals surface area (Å²) < 4.78 is 0. The molecule has 4 bridgehead atoms. The number of amides is 1. The molecule has 0 spiro atoms. The number of benzene rings is 1. The maximum atomic E-state index is 12.5. The molecule has 0 radical (unpaired) electrons. The smallest absolute Gasteiger partial charge is 0.243 e. The van der Waals surface area contributed by atoms with Crippen LogP contribution in [0.1, 0.15) is 24.4 Å². The number of rotatable bonds is 4. The molecule has 0 aliphatic heterocycles. The van der Waals surface area contributed by atoms with Crippen LogP contribution < -0.4 is 5.32 Å². The first kappa shape index (κ1) is 12.4. The second-order valence-corrected chi connectivity index (χ2v) is 6.91. The zero-order valence-corrected chi connectivity index (χ0v) is 12.1. The third kappa shape index (κ3) is 1.72. The van der Waals surface area contributed by atoms with E-state index in [4.69, 9.17) is 0 Å². The fourth-order valence-corrected chi connectivity index (χ4v) is 4.73. The van der Waals surface area contributed by atoms with Gasteiger partial charge in [0.1, 0.15) is 6.04 Å². The summed E-state index contributed by atoms with van der Waals surface area (Å²) in [5.74, 6) is 3.79. The van der Waals surface area contributed by atoms with Gasteiger partial charge in [-0.05, 0) is 42.1 Å². The van der Waals surface area contributed by atoms with Gasteiger partial charge >= 0.3 is 0 Å². The van der Waals surface area contributed by atoms with Crippen molar-refractivity contribution in [2.75, 3.05) is 14.1 Å². The highest BCUT2D eigenvalue weighted by Crippen LogP contribution is 2.70. The Morgan fingerprint density at radius 2 is 1.85 bits per heavy atom. The van der Waals surface area contributed by atoms with E-state index in [1.54, 1.807) is 4.90 Å². The van der Waals surface area contributed by atoms with Crippen LogP contribution in [0.25, 0.3) is 0 Å². The van der Waals surface area contributed by atoms with Crippen LogP contribution in [0.2, 0.25) is 0 Å². The average Bonchev–Trinajstić information content (AvgIpc) is 2.84. The molecular formula is C17H22N2O. The molecule has 4 atom stereocenters. The van der Waals surface area contributed by atoms with Gasteiger partial charge in [0.2, 0.25) is 5.91 Å². The van der Waals surface area contributed by atoms with E-state index in [1.807, 2.05) is 32.3 Å². The number of nitrogens with zero attached hydrogens (tertiary/aromatic N) is 1. The molecule has 20 heavy (non-hydrogen) atoms. The van der Waals surface area contributed by atoms with E-state index < -0.39 is 0 Å². The highest BCUT2D eigenvalue weighted by Gasteiger charge is 2.68. The highest BCUT2D eigenvalue weighted by molar-refractivity contribution is 5.83. The standard InChI is InChI=1S/C17H22N2O/c1-19(2)17(20)16(10-6-4-3-5-7-10)18-15-11-8-12-13(9-11)14(12)15/h3-7,11-16,18H,8-9H2,1-2H3. The largest absolute Gasteiger partial charge is 0.347 e. The molecule has 3 nitrogen and oxygen atoms in total. The third-order valence-electron chi connectivity index (χ3n) is 5.65. The van der Waals surface area contributed by atoms with Crippen molar-refractivity contribution < 1.29 is 4.79 Å². The Bertz CT molecular complexity index is 513. The van der Waals surface area contributed by atoms with Crippen molar-refractivity contribution in [3.05, 3.63) is 35.9 Å². The maximum absolute atomic E-state index is 12.5. The molecule has 4 saturated carbocycles. The van der Waals surface area contributed by atoms with Crippen molar-refractivity contribution in [2.45, 2.75) is 24.9 Å². The molecule has 1 aromatic rings. The Hall–Kier alpha value is -1.35. The molecule has 1 N–H and O–H groups in total. The number of carbonyl (C=O) groups is 1. The Kier molecular flexibility index (Phi) is 2.68. The van der Waals surface area contributed by atoms with Gasteiger partial charge in [0.15, 0.2) is 0 Å². The van der Waals surface area contributed by atoms with Crippen LogP contribution in [0, 0.1) is 23.7 Å². The zero-order valence-electron chi connectivity index (χ0n) is 12.1. The summed E-state index contributed by atoms with van der Waals surface area (Å²) in [5, 5.41) is 3.70. The topological polar surface area (TPSA) is 32.3 Å². The number of nitrogens with one attached hydrogen (secondary N) is 1. The van der Waals surface area contributed by atoms with E-state index in [0.29, 0.717) is 6.04 Å². The van der Waals surface area contributed by atoms with Crippen LogP contribution in [0.5, 0.6) is 0 Å². The number of likely N-dealkylation sites (N-methyl/N-ethyl adjacent to an activating group) is 1. The molecule has 4 fully saturated rings. The molecule has 4 aliphatic carbocycles. The van der Waals surface area contributed by atoms with Crippen molar-refractivity contribution in [1.29, 1.82) is 0 Å². The Labute approximate surface area is 120 Å². The Morgan fingerprint density at radius 3 is 2.35 bits per heavy atom. The molecular weight excluding hydrogens is 248 g/mol. The molecule has 0 aromatic heterocycles. The van der Waals surface area contributed by atoms with Crippen LogP contribution in [0.3, 0.4) is 0 Å². The molecule has 4 unspecified atom stereocenters. The summed E-state index contributed by atoms with van der Waals surface area (Å²) in [6, 6.07) is 10.5. The van der Waals surface area contributed by atoms with Crippen LogP contribution in [-0.2, 0) is 4.79 Å². The van der Waals surface area contributed by atoms with E-state index in [2.05, 4.69) is 17.4 Å². The van der Waals surface area contributed by atoms with Gasteiger partial charge in [-0.15, -0.1) is 0 Å². The summed E-state index contributed by atoms with van der Waals surface area (Å²) in [7, 11) is 3.68. The van der Waals surface area contributed by atoms with E-state index >= 15 is 0 Å². The molecule has 1 amide bonds. The lowest BCUT2D eigenvalue weighted by atomic mass is 10.0. The van der Waals surface area contributed by atoms with Crippen LogP contribution in [0.4, 0.5) is 0 Å². The fraction of sp³-hybridized carbons (Fsp3) is 0.588. The summed E-state index contributed by atoms with van der Waals surface area (Å²) >= 11 is 0. The average molecular weight is 270 g/mol. The maximum Gasteiger partial charge on any atom is 0.243 e. The highest BCUT2D eigenvalue weighted by atomic mass is 16.2. The minimum absolute atomic E-state index is 0.164. The lowest BCUT2D eigenvalue weighted by Gasteiger charge is -2.27. The van der Waals surface area contributed by atoms with Gasteiger partial charge in [-0.3, -0.25) is 10.1 Å². The van der Waals surface area contributed by atoms with Gasteiger partial charge in [0.05, 0.1) is 0 Å². The van der Waals surface area contributed by atoms with E-state index in [0.717, 1.165) is 29.2 Å². The number of hydrogen-bond donors (Lipinski definition) is 1. The lowest BCUT2D eigenvalue weighted by molar-refractivity contribution is -0.131. The van der Waals surface area contributed by atoms with E-state index in [1.165, 1.54) is 12.8 Å². The molecule has 106 valence electrons. The van der Waals surface area contributed by atoms with Gasteiger partial charge in [0.25, 0.3) is 0 Å². The fourth-order valence-electron chi connectivity index (χ4n) is 4.73. The van der Waals surface area contributed by atoms with Gasteiger partial charge in [-0.1, -0.05) is 30.3 Å². The van der Waals surface area contributed by atoms with Crippen molar-refractivity contribution in [3.63, 3.8) is 0 Å². The number of hydrogen-bond acceptors (Lipinski definition) is 2. The van der Waals surface area contributed by atoms with E-state index in [9.17, 15) is 4.79 Å². The van der Waals surface area contributed by atoms with Crippen LogP contribution in [-0.4, -0.2) is 30.9 Å². The molecule has 1 aromatic carbocycles. The Balaban J connectivity index is 1.57. The first-order valence-corrected chi connectivity index (χ1v) is 7.69. The van der Waals surface area contributed by atoms with Crippen LogP contribution >= 0.6 is 0 Å². The summed E-state index contributed by atoms with van der Waals surface area (Å²) in [6.45, 7) is 0. The van der Waals surface area contributed by atoms with E-state index in [-0.39, 0.29) is 11.9 Å². The normalized spacial score (nSPS) is 37.8. The second kappa shape index (κ2) is 4.32. The minimum Gasteiger partial charge on any atom is -0.347 e. The number of carbonyl (C=O) groups excluding carboxylic acids is 1.